The lowest BCUT2D eigenvalue weighted by Gasteiger charge is -2.06. The molecule has 0 bridgehead atoms. The van der Waals surface area contributed by atoms with Crippen LogP contribution in [0.25, 0.3) is 11.4 Å². The average Bonchev–Trinajstić information content (AvgIpc) is 2.58. The summed E-state index contributed by atoms with van der Waals surface area (Å²) in [6.07, 6.45) is 2.55. The molecular formula is C16H11FN4O2. The van der Waals surface area contributed by atoms with Crippen LogP contribution in [0.3, 0.4) is 0 Å². The molecule has 114 valence electrons. The van der Waals surface area contributed by atoms with Gasteiger partial charge >= 0.3 is 0 Å². The van der Waals surface area contributed by atoms with Gasteiger partial charge in [-0.1, -0.05) is 5.16 Å². The minimum absolute atomic E-state index is 0.316. The fraction of sp³-hybridized carbons (Fsp3) is 0. The molecule has 0 spiro atoms. The normalized spacial score (nSPS) is 10.8. The molecule has 1 heterocycles. The van der Waals surface area contributed by atoms with E-state index < -0.39 is 0 Å². The molecule has 0 radical (unpaired) electrons. The Balaban J connectivity index is 1.79. The molecule has 7 heteroatoms. The van der Waals surface area contributed by atoms with Crippen LogP contribution in [0, 0.1) is 5.82 Å². The Kier molecular flexibility index (Phi) is 4.19. The van der Waals surface area contributed by atoms with Crippen LogP contribution in [0.1, 0.15) is 5.69 Å². The highest BCUT2D eigenvalue weighted by Crippen LogP contribution is 2.24. The summed E-state index contributed by atoms with van der Waals surface area (Å²) < 4.78 is 18.5. The molecule has 0 aliphatic heterocycles. The molecule has 2 aromatic carbocycles. The number of ether oxygens (including phenoxy) is 1. The van der Waals surface area contributed by atoms with Gasteiger partial charge < -0.3 is 9.94 Å². The highest BCUT2D eigenvalue weighted by molar-refractivity contribution is 5.76. The summed E-state index contributed by atoms with van der Waals surface area (Å²) in [5.41, 5.74) is 1.13. The largest absolute Gasteiger partial charge is 0.457 e. The van der Waals surface area contributed by atoms with Crippen LogP contribution in [0.2, 0.25) is 0 Å². The Morgan fingerprint density at radius 1 is 1.00 bits per heavy atom. The van der Waals surface area contributed by atoms with E-state index in [4.69, 9.17) is 9.94 Å². The summed E-state index contributed by atoms with van der Waals surface area (Å²) in [6, 6.07) is 12.8. The Morgan fingerprint density at radius 3 is 2.30 bits per heavy atom. The monoisotopic (exact) mass is 310 g/mol. The third kappa shape index (κ3) is 3.65. The topological polar surface area (TPSA) is 80.5 Å². The van der Waals surface area contributed by atoms with Gasteiger partial charge in [0.2, 0.25) is 0 Å². The summed E-state index contributed by atoms with van der Waals surface area (Å²) in [6.45, 7) is 0. The van der Waals surface area contributed by atoms with Gasteiger partial charge in [0.25, 0.3) is 0 Å². The standard InChI is InChI=1S/C16H11FN4O2/c17-12-3-7-15(8-4-12)23-14-5-1-11(2-6-14)16-20-13(10-19-22)9-18-21-16/h1-10,22H/b19-10+. The fourth-order valence-corrected chi connectivity index (χ4v) is 1.87. The highest BCUT2D eigenvalue weighted by Gasteiger charge is 2.04. The quantitative estimate of drug-likeness (QED) is 0.454. The molecule has 0 atom stereocenters. The van der Waals surface area contributed by atoms with Crippen LogP contribution in [0.4, 0.5) is 4.39 Å². The SMILES string of the molecule is O/N=C/c1cnnc(-c2ccc(Oc3ccc(F)cc3)cc2)n1. The van der Waals surface area contributed by atoms with Gasteiger partial charge in [0, 0.05) is 5.56 Å². The van der Waals surface area contributed by atoms with Crippen LogP contribution in [-0.2, 0) is 0 Å². The molecule has 0 saturated heterocycles. The summed E-state index contributed by atoms with van der Waals surface area (Å²) in [7, 11) is 0. The van der Waals surface area contributed by atoms with E-state index in [1.807, 2.05) is 0 Å². The van der Waals surface area contributed by atoms with Gasteiger partial charge in [-0.3, -0.25) is 0 Å². The molecule has 23 heavy (non-hydrogen) atoms. The molecular weight excluding hydrogens is 299 g/mol. The molecule has 0 aliphatic carbocycles. The molecule has 0 saturated carbocycles. The van der Waals surface area contributed by atoms with E-state index >= 15 is 0 Å². The van der Waals surface area contributed by atoms with Crippen LogP contribution in [0.5, 0.6) is 11.5 Å². The third-order valence-electron chi connectivity index (χ3n) is 2.93. The number of hydrogen-bond acceptors (Lipinski definition) is 6. The first kappa shape index (κ1) is 14.6. The summed E-state index contributed by atoms with van der Waals surface area (Å²) in [5, 5.41) is 19.1. The Labute approximate surface area is 130 Å². The van der Waals surface area contributed by atoms with Gasteiger partial charge in [-0.2, -0.15) is 5.10 Å². The van der Waals surface area contributed by atoms with E-state index in [0.29, 0.717) is 23.0 Å². The Morgan fingerprint density at radius 2 is 1.65 bits per heavy atom. The maximum absolute atomic E-state index is 12.9. The number of nitrogens with zero attached hydrogens (tertiary/aromatic N) is 4. The number of halogens is 1. The lowest BCUT2D eigenvalue weighted by atomic mass is 10.2. The van der Waals surface area contributed by atoms with Crippen molar-refractivity contribution in [1.82, 2.24) is 15.2 Å². The first-order valence-corrected chi connectivity index (χ1v) is 6.65. The number of aromatic nitrogens is 3. The van der Waals surface area contributed by atoms with Gasteiger partial charge in [0.1, 0.15) is 23.0 Å². The lowest BCUT2D eigenvalue weighted by molar-refractivity contribution is 0.321. The number of rotatable bonds is 4. The zero-order valence-electron chi connectivity index (χ0n) is 11.8. The van der Waals surface area contributed by atoms with Crippen molar-refractivity contribution >= 4 is 6.21 Å². The molecule has 6 nitrogen and oxygen atoms in total. The molecule has 3 aromatic rings. The predicted octanol–water partition coefficient (Wildman–Crippen LogP) is 3.28. The van der Waals surface area contributed by atoms with Crippen molar-refractivity contribution in [3.8, 4) is 22.9 Å². The first-order chi connectivity index (χ1) is 11.2. The van der Waals surface area contributed by atoms with Gasteiger partial charge in [-0.25, -0.2) is 9.37 Å². The molecule has 3 rings (SSSR count). The lowest BCUT2D eigenvalue weighted by Crippen LogP contribution is -1.97. The van der Waals surface area contributed by atoms with E-state index in [9.17, 15) is 4.39 Å². The van der Waals surface area contributed by atoms with Crippen molar-refractivity contribution in [1.29, 1.82) is 0 Å². The Hall–Kier alpha value is -3.35. The third-order valence-corrected chi connectivity index (χ3v) is 2.93. The minimum atomic E-state index is -0.316. The zero-order valence-corrected chi connectivity index (χ0v) is 11.8. The minimum Gasteiger partial charge on any atom is -0.457 e. The summed E-state index contributed by atoms with van der Waals surface area (Å²) in [5.74, 6) is 1.22. The maximum atomic E-state index is 12.9. The summed E-state index contributed by atoms with van der Waals surface area (Å²) >= 11 is 0. The molecule has 1 N–H and O–H groups in total. The molecule has 0 amide bonds. The first-order valence-electron chi connectivity index (χ1n) is 6.65. The molecule has 0 aliphatic rings. The van der Waals surface area contributed by atoms with E-state index in [0.717, 1.165) is 5.56 Å². The van der Waals surface area contributed by atoms with E-state index in [-0.39, 0.29) is 5.82 Å². The van der Waals surface area contributed by atoms with Gasteiger partial charge in [-0.15, -0.1) is 5.10 Å². The second-order valence-electron chi connectivity index (χ2n) is 4.53. The van der Waals surface area contributed by atoms with Crippen molar-refractivity contribution in [2.24, 2.45) is 5.16 Å². The van der Waals surface area contributed by atoms with Crippen molar-refractivity contribution in [3.63, 3.8) is 0 Å². The predicted molar refractivity (Wildman–Crippen MR) is 81.1 cm³/mol. The molecule has 0 unspecified atom stereocenters. The second kappa shape index (κ2) is 6.61. The van der Waals surface area contributed by atoms with Crippen LogP contribution in [-0.4, -0.2) is 26.6 Å². The van der Waals surface area contributed by atoms with Crippen LogP contribution >= 0.6 is 0 Å². The number of benzene rings is 2. The average molecular weight is 310 g/mol. The van der Waals surface area contributed by atoms with Gasteiger partial charge in [0.05, 0.1) is 12.4 Å². The van der Waals surface area contributed by atoms with Gasteiger partial charge in [0.15, 0.2) is 5.82 Å². The van der Waals surface area contributed by atoms with Crippen molar-refractivity contribution in [3.05, 3.63) is 66.2 Å². The van der Waals surface area contributed by atoms with Gasteiger partial charge in [-0.05, 0) is 48.5 Å². The van der Waals surface area contributed by atoms with E-state index in [2.05, 4.69) is 20.3 Å². The highest BCUT2D eigenvalue weighted by atomic mass is 19.1. The van der Waals surface area contributed by atoms with Crippen molar-refractivity contribution in [2.45, 2.75) is 0 Å². The van der Waals surface area contributed by atoms with Crippen LogP contribution < -0.4 is 4.74 Å². The summed E-state index contributed by atoms with van der Waals surface area (Å²) in [4.78, 5) is 4.19. The molecule has 1 aromatic heterocycles. The van der Waals surface area contributed by atoms with Crippen LogP contribution in [0.15, 0.2) is 59.9 Å². The van der Waals surface area contributed by atoms with Crippen molar-refractivity contribution in [2.75, 3.05) is 0 Å². The number of oxime groups is 1. The van der Waals surface area contributed by atoms with E-state index in [1.165, 1.54) is 24.5 Å². The van der Waals surface area contributed by atoms with E-state index in [1.54, 1.807) is 36.4 Å². The molecule has 0 fully saturated rings. The zero-order chi connectivity index (χ0) is 16.1. The smallest absolute Gasteiger partial charge is 0.182 e. The fourth-order valence-electron chi connectivity index (χ4n) is 1.87. The van der Waals surface area contributed by atoms with Crippen molar-refractivity contribution < 1.29 is 14.3 Å². The number of hydrogen-bond donors (Lipinski definition) is 1. The maximum Gasteiger partial charge on any atom is 0.182 e. The Bertz CT molecular complexity index is 820. The second-order valence-corrected chi connectivity index (χ2v) is 4.53.